The molecular formula is C16H22N4O2. The summed E-state index contributed by atoms with van der Waals surface area (Å²) in [7, 11) is 1.87. The molecule has 2 heterocycles. The van der Waals surface area contributed by atoms with Crippen LogP contribution >= 0.6 is 0 Å². The van der Waals surface area contributed by atoms with Crippen LogP contribution < -0.4 is 5.32 Å². The summed E-state index contributed by atoms with van der Waals surface area (Å²) in [4.78, 5) is 12.6. The maximum Gasteiger partial charge on any atom is 0.274 e. The molecule has 22 heavy (non-hydrogen) atoms. The number of rotatable bonds is 4. The van der Waals surface area contributed by atoms with E-state index in [4.69, 9.17) is 4.52 Å². The molecule has 0 radical (unpaired) electrons. The molecule has 0 fully saturated rings. The summed E-state index contributed by atoms with van der Waals surface area (Å²) in [6, 6.07) is -0.0860. The molecule has 1 atom stereocenters. The first-order valence-corrected chi connectivity index (χ1v) is 7.83. The number of nitrogens with zero attached hydrogens (tertiary/aromatic N) is 3. The summed E-state index contributed by atoms with van der Waals surface area (Å²) >= 11 is 0. The highest BCUT2D eigenvalue weighted by atomic mass is 16.5. The van der Waals surface area contributed by atoms with Crippen LogP contribution in [-0.2, 0) is 19.9 Å². The fourth-order valence-electron chi connectivity index (χ4n) is 3.01. The maximum absolute atomic E-state index is 12.6. The summed E-state index contributed by atoms with van der Waals surface area (Å²) < 4.78 is 7.08. The van der Waals surface area contributed by atoms with E-state index in [2.05, 4.69) is 29.4 Å². The van der Waals surface area contributed by atoms with Crippen LogP contribution in [0.15, 0.2) is 16.9 Å². The van der Waals surface area contributed by atoms with Gasteiger partial charge in [-0.25, -0.2) is 0 Å². The second-order valence-corrected chi connectivity index (χ2v) is 6.28. The molecule has 1 aliphatic carbocycles. The van der Waals surface area contributed by atoms with E-state index < -0.39 is 0 Å². The average molecular weight is 302 g/mol. The van der Waals surface area contributed by atoms with E-state index in [1.54, 1.807) is 10.9 Å². The van der Waals surface area contributed by atoms with Crippen molar-refractivity contribution in [1.29, 1.82) is 0 Å². The number of hydrogen-bond acceptors (Lipinski definition) is 4. The minimum atomic E-state index is -0.158. The Morgan fingerprint density at radius 1 is 1.36 bits per heavy atom. The van der Waals surface area contributed by atoms with Crippen LogP contribution in [0.25, 0.3) is 0 Å². The lowest BCUT2D eigenvalue weighted by Gasteiger charge is -2.21. The summed E-state index contributed by atoms with van der Waals surface area (Å²) in [5, 5.41) is 11.3. The second kappa shape index (κ2) is 5.94. The van der Waals surface area contributed by atoms with Crippen molar-refractivity contribution in [3.05, 3.63) is 35.0 Å². The highest BCUT2D eigenvalue weighted by molar-refractivity contribution is 5.94. The van der Waals surface area contributed by atoms with E-state index in [0.717, 1.165) is 42.6 Å². The van der Waals surface area contributed by atoms with Crippen molar-refractivity contribution < 1.29 is 9.32 Å². The number of carbonyl (C=O) groups is 1. The van der Waals surface area contributed by atoms with Crippen LogP contribution in [0.1, 0.15) is 60.1 Å². The van der Waals surface area contributed by atoms with Gasteiger partial charge in [-0.05, 0) is 25.2 Å². The van der Waals surface area contributed by atoms with E-state index in [1.807, 2.05) is 13.2 Å². The molecule has 1 aliphatic rings. The third-order valence-electron chi connectivity index (χ3n) is 4.20. The Hall–Kier alpha value is -2.11. The molecule has 2 aromatic rings. The first-order valence-electron chi connectivity index (χ1n) is 7.83. The predicted octanol–water partition coefficient (Wildman–Crippen LogP) is 2.41. The van der Waals surface area contributed by atoms with Gasteiger partial charge < -0.3 is 9.84 Å². The number of aromatic nitrogens is 3. The lowest BCUT2D eigenvalue weighted by atomic mass is 9.95. The van der Waals surface area contributed by atoms with Gasteiger partial charge in [0.1, 0.15) is 5.76 Å². The normalized spacial score (nSPS) is 15.6. The van der Waals surface area contributed by atoms with E-state index in [9.17, 15) is 4.79 Å². The summed E-state index contributed by atoms with van der Waals surface area (Å²) in [6.07, 6.45) is 7.68. The molecule has 2 aromatic heterocycles. The average Bonchev–Trinajstić information content (AvgIpc) is 3.10. The molecule has 0 aliphatic heterocycles. The van der Waals surface area contributed by atoms with Crippen molar-refractivity contribution in [2.45, 2.75) is 45.6 Å². The van der Waals surface area contributed by atoms with Gasteiger partial charge in [-0.1, -0.05) is 19.0 Å². The molecule has 1 N–H and O–H groups in total. The van der Waals surface area contributed by atoms with Crippen LogP contribution in [0.2, 0.25) is 0 Å². The Kier molecular flexibility index (Phi) is 4.00. The lowest BCUT2D eigenvalue weighted by Crippen LogP contribution is -2.32. The first kappa shape index (κ1) is 14.8. The minimum Gasteiger partial charge on any atom is -0.360 e. The van der Waals surface area contributed by atoms with Crippen molar-refractivity contribution in [2.75, 3.05) is 0 Å². The molecule has 1 unspecified atom stereocenters. The maximum atomic E-state index is 12.6. The highest BCUT2D eigenvalue weighted by Crippen LogP contribution is 2.26. The van der Waals surface area contributed by atoms with E-state index >= 15 is 0 Å². The number of aryl methyl sites for hydroxylation is 2. The SMILES string of the molecule is CC(C)C(NC(=O)c1noc2c1CCCC2)c1cnn(C)c1. The zero-order valence-electron chi connectivity index (χ0n) is 13.3. The van der Waals surface area contributed by atoms with Gasteiger partial charge in [0.2, 0.25) is 0 Å². The molecule has 0 saturated carbocycles. The number of fused-ring (bicyclic) bond motifs is 1. The molecule has 0 bridgehead atoms. The van der Waals surface area contributed by atoms with Crippen LogP contribution in [0.3, 0.4) is 0 Å². The van der Waals surface area contributed by atoms with Crippen molar-refractivity contribution in [1.82, 2.24) is 20.3 Å². The zero-order valence-corrected chi connectivity index (χ0v) is 13.3. The molecule has 0 spiro atoms. The largest absolute Gasteiger partial charge is 0.360 e. The lowest BCUT2D eigenvalue weighted by molar-refractivity contribution is 0.0915. The van der Waals surface area contributed by atoms with E-state index in [1.165, 1.54) is 0 Å². The third-order valence-corrected chi connectivity index (χ3v) is 4.20. The standard InChI is InChI=1S/C16H22N4O2/c1-10(2)14(11-8-17-20(3)9-11)18-16(21)15-12-6-4-5-7-13(12)22-19-15/h8-10,14H,4-7H2,1-3H3,(H,18,21). The third kappa shape index (κ3) is 2.77. The smallest absolute Gasteiger partial charge is 0.274 e. The van der Waals surface area contributed by atoms with Gasteiger partial charge in [-0.3, -0.25) is 9.48 Å². The molecule has 1 amide bonds. The van der Waals surface area contributed by atoms with Crippen molar-refractivity contribution in [3.63, 3.8) is 0 Å². The molecule has 6 heteroatoms. The minimum absolute atomic E-state index is 0.0860. The molecule has 0 aromatic carbocycles. The molecule has 6 nitrogen and oxygen atoms in total. The number of amides is 1. The van der Waals surface area contributed by atoms with Crippen LogP contribution in [0.4, 0.5) is 0 Å². The van der Waals surface area contributed by atoms with Crippen molar-refractivity contribution in [2.24, 2.45) is 13.0 Å². The molecule has 118 valence electrons. The zero-order chi connectivity index (χ0) is 15.7. The molecule has 0 saturated heterocycles. The number of hydrogen-bond donors (Lipinski definition) is 1. The quantitative estimate of drug-likeness (QED) is 0.941. The summed E-state index contributed by atoms with van der Waals surface area (Å²) in [6.45, 7) is 4.16. The second-order valence-electron chi connectivity index (χ2n) is 6.28. The number of nitrogens with one attached hydrogen (secondary N) is 1. The first-order chi connectivity index (χ1) is 10.6. The van der Waals surface area contributed by atoms with Gasteiger partial charge in [0.05, 0.1) is 12.2 Å². The fourth-order valence-corrected chi connectivity index (χ4v) is 3.01. The Morgan fingerprint density at radius 3 is 2.82 bits per heavy atom. The highest BCUT2D eigenvalue weighted by Gasteiger charge is 2.27. The predicted molar refractivity (Wildman–Crippen MR) is 81.4 cm³/mol. The Bertz CT molecular complexity index is 671. The Balaban J connectivity index is 1.81. The summed E-state index contributed by atoms with van der Waals surface area (Å²) in [5.74, 6) is 0.976. The molecule has 3 rings (SSSR count). The molecular weight excluding hydrogens is 280 g/mol. The van der Waals surface area contributed by atoms with Gasteiger partial charge in [0.15, 0.2) is 5.69 Å². The Labute approximate surface area is 129 Å². The van der Waals surface area contributed by atoms with Gasteiger partial charge in [-0.15, -0.1) is 0 Å². The number of carbonyl (C=O) groups excluding carboxylic acids is 1. The Morgan fingerprint density at radius 2 is 2.14 bits per heavy atom. The van der Waals surface area contributed by atoms with E-state index in [-0.39, 0.29) is 17.9 Å². The van der Waals surface area contributed by atoms with E-state index in [0.29, 0.717) is 5.69 Å². The summed E-state index contributed by atoms with van der Waals surface area (Å²) in [5.41, 5.74) is 2.44. The van der Waals surface area contributed by atoms with Crippen LogP contribution in [-0.4, -0.2) is 20.8 Å². The van der Waals surface area contributed by atoms with Gasteiger partial charge in [-0.2, -0.15) is 5.10 Å². The monoisotopic (exact) mass is 302 g/mol. The van der Waals surface area contributed by atoms with Crippen LogP contribution in [0.5, 0.6) is 0 Å². The van der Waals surface area contributed by atoms with Crippen molar-refractivity contribution in [3.8, 4) is 0 Å². The van der Waals surface area contributed by atoms with Gasteiger partial charge >= 0.3 is 0 Å². The van der Waals surface area contributed by atoms with Gasteiger partial charge in [0.25, 0.3) is 5.91 Å². The topological polar surface area (TPSA) is 73.0 Å². The van der Waals surface area contributed by atoms with Crippen LogP contribution in [0, 0.1) is 5.92 Å². The van der Waals surface area contributed by atoms with Crippen molar-refractivity contribution >= 4 is 5.91 Å². The van der Waals surface area contributed by atoms with Gasteiger partial charge in [0, 0.05) is 30.8 Å². The fraction of sp³-hybridized carbons (Fsp3) is 0.562.